The van der Waals surface area contributed by atoms with Crippen molar-refractivity contribution in [3.05, 3.63) is 80.5 Å². The zero-order valence-corrected chi connectivity index (χ0v) is 24.4. The number of methoxy groups -OCH3 is 2. The molecule has 0 saturated carbocycles. The second-order valence-electron chi connectivity index (χ2n) is 7.74. The minimum absolute atomic E-state index is 0.0707. The molecule has 8 nitrogen and oxygen atoms in total. The van der Waals surface area contributed by atoms with Crippen LogP contribution in [0.3, 0.4) is 0 Å². The summed E-state index contributed by atoms with van der Waals surface area (Å²) in [4.78, 5) is 31.9. The van der Waals surface area contributed by atoms with Crippen LogP contribution in [0.25, 0.3) is 6.08 Å². The Kier molecular flexibility index (Phi) is 7.90. The van der Waals surface area contributed by atoms with Crippen LogP contribution in [-0.4, -0.2) is 36.5 Å². The first kappa shape index (κ1) is 26.4. The predicted molar refractivity (Wildman–Crippen MR) is 148 cm³/mol. The van der Waals surface area contributed by atoms with E-state index in [1.54, 1.807) is 57.4 Å². The molecule has 2 heterocycles. The number of hydrogen-bond acceptors (Lipinski definition) is 8. The van der Waals surface area contributed by atoms with Crippen molar-refractivity contribution >= 4 is 61.9 Å². The number of carbonyl (C=O) groups excluding carboxylic acids is 1. The minimum atomic E-state index is -0.834. The molecule has 1 N–H and O–H groups in total. The summed E-state index contributed by atoms with van der Waals surface area (Å²) in [6, 6.07) is 7.88. The van der Waals surface area contributed by atoms with Crippen molar-refractivity contribution in [3.63, 3.8) is 0 Å². The first-order valence-electron chi connectivity index (χ1n) is 10.8. The Morgan fingerprint density at radius 2 is 2.03 bits per heavy atom. The first-order valence-corrected chi connectivity index (χ1v) is 13.5. The zero-order chi connectivity index (χ0) is 26.1. The number of aromatic hydroxyl groups is 1. The van der Waals surface area contributed by atoms with E-state index in [0.717, 1.165) is 4.47 Å². The summed E-state index contributed by atoms with van der Waals surface area (Å²) in [6.07, 6.45) is 1.62. The van der Waals surface area contributed by atoms with Crippen molar-refractivity contribution in [2.24, 2.45) is 4.99 Å². The van der Waals surface area contributed by atoms with Crippen molar-refractivity contribution in [2.45, 2.75) is 19.9 Å². The van der Waals surface area contributed by atoms with E-state index in [-0.39, 0.29) is 23.5 Å². The molecule has 11 heteroatoms. The fourth-order valence-electron chi connectivity index (χ4n) is 3.97. The van der Waals surface area contributed by atoms with E-state index < -0.39 is 12.0 Å². The van der Waals surface area contributed by atoms with Gasteiger partial charge in [-0.05, 0) is 66.8 Å². The second-order valence-corrected chi connectivity index (χ2v) is 10.8. The highest BCUT2D eigenvalue weighted by Crippen LogP contribution is 2.37. The Morgan fingerprint density at radius 3 is 2.69 bits per heavy atom. The molecule has 1 atom stereocenters. The van der Waals surface area contributed by atoms with E-state index in [1.807, 2.05) is 22.6 Å². The van der Waals surface area contributed by atoms with Crippen LogP contribution in [0.4, 0.5) is 0 Å². The molecule has 0 saturated heterocycles. The highest BCUT2D eigenvalue weighted by atomic mass is 127. The van der Waals surface area contributed by atoms with Crippen molar-refractivity contribution in [1.82, 2.24) is 4.57 Å². The Morgan fingerprint density at radius 1 is 1.28 bits per heavy atom. The monoisotopic (exact) mass is 684 g/mol. The summed E-state index contributed by atoms with van der Waals surface area (Å²) in [7, 11) is 3.06. The fourth-order valence-corrected chi connectivity index (χ4v) is 6.56. The zero-order valence-electron chi connectivity index (χ0n) is 19.8. The molecule has 188 valence electrons. The van der Waals surface area contributed by atoms with Gasteiger partial charge in [-0.25, -0.2) is 9.79 Å². The molecular formula is C25H22BrIN2O6S. The average Bonchev–Trinajstić information content (AvgIpc) is 3.15. The number of nitrogens with zero attached hydrogens (tertiary/aromatic N) is 2. The van der Waals surface area contributed by atoms with Crippen LogP contribution in [0.2, 0.25) is 0 Å². The molecule has 0 bridgehead atoms. The third kappa shape index (κ3) is 4.83. The number of esters is 1. The normalized spacial score (nSPS) is 15.4. The van der Waals surface area contributed by atoms with Crippen LogP contribution in [0.15, 0.2) is 55.9 Å². The number of rotatable bonds is 6. The number of halogens is 2. The molecule has 0 aliphatic carbocycles. The molecule has 1 aliphatic heterocycles. The molecule has 0 amide bonds. The fraction of sp³-hybridized carbons (Fsp3) is 0.240. The van der Waals surface area contributed by atoms with Crippen molar-refractivity contribution in [1.29, 1.82) is 0 Å². The Labute approximate surface area is 232 Å². The predicted octanol–water partition coefficient (Wildman–Crippen LogP) is 3.89. The van der Waals surface area contributed by atoms with Gasteiger partial charge in [0.1, 0.15) is 23.3 Å². The van der Waals surface area contributed by atoms with Crippen LogP contribution < -0.4 is 24.4 Å². The minimum Gasteiger partial charge on any atom is -0.506 e. The van der Waals surface area contributed by atoms with Crippen molar-refractivity contribution in [2.75, 3.05) is 20.8 Å². The van der Waals surface area contributed by atoms with Crippen LogP contribution in [0, 0.1) is 3.57 Å². The number of allylic oxidation sites excluding steroid dienone is 1. The summed E-state index contributed by atoms with van der Waals surface area (Å²) >= 11 is 6.64. The number of fused-ring (bicyclic) bond motifs is 1. The molecule has 1 aromatic heterocycles. The van der Waals surface area contributed by atoms with Gasteiger partial charge in [0.15, 0.2) is 4.80 Å². The number of carbonyl (C=O) groups is 1. The standard InChI is InChI=1S/C25H22BrIN2O6S/c1-5-35-24(32)20-12(2)28-25-29(21(20)16-7-6-15(33-3)11-18(16)34-4)23(31)19(36-25)9-13-8-14(26)10-17(27)22(13)30/h6-11,21,30H,5H2,1-4H3/b19-9-/t21-/m0/s1. The van der Waals surface area contributed by atoms with E-state index in [9.17, 15) is 14.7 Å². The summed E-state index contributed by atoms with van der Waals surface area (Å²) < 4.78 is 19.5. The van der Waals surface area contributed by atoms with Crippen LogP contribution >= 0.6 is 49.9 Å². The lowest BCUT2D eigenvalue weighted by atomic mass is 9.95. The first-order chi connectivity index (χ1) is 17.2. The summed E-state index contributed by atoms with van der Waals surface area (Å²) in [6.45, 7) is 3.61. The smallest absolute Gasteiger partial charge is 0.338 e. The van der Waals surface area contributed by atoms with Gasteiger partial charge in [-0.2, -0.15) is 0 Å². The molecule has 0 unspecified atom stereocenters. The number of benzene rings is 2. The summed E-state index contributed by atoms with van der Waals surface area (Å²) in [5, 5.41) is 10.6. The van der Waals surface area contributed by atoms with Gasteiger partial charge in [-0.3, -0.25) is 9.36 Å². The number of ether oxygens (including phenoxy) is 3. The van der Waals surface area contributed by atoms with Gasteiger partial charge in [0.2, 0.25) is 0 Å². The van der Waals surface area contributed by atoms with Gasteiger partial charge in [0.05, 0.1) is 40.2 Å². The molecule has 0 spiro atoms. The number of phenolic OH excluding ortho intramolecular Hbond substituents is 1. The number of phenols is 1. The van der Waals surface area contributed by atoms with Crippen LogP contribution in [0.1, 0.15) is 31.0 Å². The summed E-state index contributed by atoms with van der Waals surface area (Å²) in [5.41, 5.74) is 1.41. The van der Waals surface area contributed by atoms with Crippen molar-refractivity contribution in [3.8, 4) is 17.2 Å². The molecule has 4 rings (SSSR count). The lowest BCUT2D eigenvalue weighted by molar-refractivity contribution is -0.139. The topological polar surface area (TPSA) is 99.4 Å². The lowest BCUT2D eigenvalue weighted by Gasteiger charge is -2.26. The third-order valence-electron chi connectivity index (χ3n) is 5.60. The molecule has 2 aromatic carbocycles. The van der Waals surface area contributed by atoms with E-state index in [2.05, 4.69) is 20.9 Å². The van der Waals surface area contributed by atoms with Gasteiger partial charge in [0.25, 0.3) is 5.56 Å². The SMILES string of the molecule is CCOC(=O)C1=C(C)N=c2s/c(=C\c3cc(Br)cc(I)c3O)c(=O)n2[C@H]1c1ccc(OC)cc1OC. The molecule has 0 radical (unpaired) electrons. The number of aromatic nitrogens is 1. The Bertz CT molecular complexity index is 1580. The van der Waals surface area contributed by atoms with Gasteiger partial charge in [-0.15, -0.1) is 0 Å². The molecule has 36 heavy (non-hydrogen) atoms. The molecule has 0 fully saturated rings. The van der Waals surface area contributed by atoms with E-state index in [4.69, 9.17) is 14.2 Å². The second kappa shape index (κ2) is 10.8. The average molecular weight is 685 g/mol. The molecular weight excluding hydrogens is 663 g/mol. The maximum absolute atomic E-state index is 13.8. The Hall–Kier alpha value is -2.64. The van der Waals surface area contributed by atoms with Gasteiger partial charge in [-0.1, -0.05) is 27.3 Å². The third-order valence-corrected chi connectivity index (χ3v) is 7.86. The molecule has 1 aliphatic rings. The maximum Gasteiger partial charge on any atom is 0.338 e. The molecule has 3 aromatic rings. The highest BCUT2D eigenvalue weighted by molar-refractivity contribution is 14.1. The van der Waals surface area contributed by atoms with E-state index in [0.29, 0.717) is 41.2 Å². The number of thiazole rings is 1. The number of hydrogen-bond donors (Lipinski definition) is 1. The lowest BCUT2D eigenvalue weighted by Crippen LogP contribution is -2.40. The largest absolute Gasteiger partial charge is 0.506 e. The van der Waals surface area contributed by atoms with Gasteiger partial charge in [0, 0.05) is 21.7 Å². The van der Waals surface area contributed by atoms with E-state index in [1.165, 1.54) is 23.0 Å². The van der Waals surface area contributed by atoms with Crippen molar-refractivity contribution < 1.29 is 24.1 Å². The quantitative estimate of drug-likeness (QED) is 0.313. The highest BCUT2D eigenvalue weighted by Gasteiger charge is 2.35. The summed E-state index contributed by atoms with van der Waals surface area (Å²) in [5.74, 6) is 0.530. The Balaban J connectivity index is 2.02. The van der Waals surface area contributed by atoms with E-state index >= 15 is 0 Å². The van der Waals surface area contributed by atoms with Crippen LogP contribution in [-0.2, 0) is 9.53 Å². The van der Waals surface area contributed by atoms with Gasteiger partial charge >= 0.3 is 5.97 Å². The van der Waals surface area contributed by atoms with Gasteiger partial charge < -0.3 is 19.3 Å². The maximum atomic E-state index is 13.8. The van der Waals surface area contributed by atoms with Crippen LogP contribution in [0.5, 0.6) is 17.2 Å².